The Morgan fingerprint density at radius 3 is 1.40 bits per heavy atom. The number of hydrogen-bond acceptors (Lipinski definition) is 10. The lowest BCUT2D eigenvalue weighted by Gasteiger charge is -2.26. The molecule has 0 atom stereocenters. The highest BCUT2D eigenvalue weighted by Crippen LogP contribution is 2.24. The van der Waals surface area contributed by atoms with Crippen molar-refractivity contribution in [1.29, 1.82) is 0 Å². The fourth-order valence-corrected chi connectivity index (χ4v) is 10.5. The molecule has 0 unspecified atom stereocenters. The Labute approximate surface area is 378 Å². The molecule has 3 fully saturated rings. The van der Waals surface area contributed by atoms with E-state index < -0.39 is 20.0 Å². The number of benzene rings is 1. The third-order valence-corrected chi connectivity index (χ3v) is 14.7. The van der Waals surface area contributed by atoms with Crippen molar-refractivity contribution in [3.05, 3.63) is 120 Å². The van der Waals surface area contributed by atoms with Gasteiger partial charge in [0.15, 0.2) is 11.3 Å². The molecule has 1 N–H and O–H groups in total. The van der Waals surface area contributed by atoms with E-state index in [1.54, 1.807) is 54.7 Å². The van der Waals surface area contributed by atoms with Crippen LogP contribution in [0.3, 0.4) is 0 Å². The van der Waals surface area contributed by atoms with E-state index >= 15 is 0 Å². The number of hydrogen-bond donors (Lipinski definition) is 1. The van der Waals surface area contributed by atoms with Gasteiger partial charge in [0.05, 0.1) is 27.8 Å². The molecule has 0 aliphatic carbocycles. The molecule has 65 heavy (non-hydrogen) atoms. The van der Waals surface area contributed by atoms with Gasteiger partial charge in [0, 0.05) is 92.6 Å². The molecular weight excluding hydrogens is 867 g/mol. The van der Waals surface area contributed by atoms with Crippen LogP contribution in [0, 0.1) is 6.92 Å². The van der Waals surface area contributed by atoms with Crippen LogP contribution in [0.5, 0.6) is 0 Å². The molecule has 1 aromatic carbocycles. The predicted octanol–water partition coefficient (Wildman–Crippen LogP) is 6.87. The zero-order chi connectivity index (χ0) is 45.7. The highest BCUT2D eigenvalue weighted by Gasteiger charge is 2.24. The van der Waals surface area contributed by atoms with Gasteiger partial charge in [-0.25, -0.2) is 39.7 Å². The Morgan fingerprint density at radius 1 is 0.523 bits per heavy atom. The standard InChI is InChI=1S/C20H21N3O3S.C14H17N3O3S.C13H15N3O/c1-15-5-7-18(8-6-15)27(25,26)23-12-9-16-13-17(14-21-19(16)23)20(24)22-10-3-2-4-11-22;1-21(19,20)17-8-5-11-9-12(10-15-13(11)17)14(18)16-6-3-2-4-7-16;17-13(16-6-2-1-3-7-16)11-8-10-4-5-14-12(10)15-9-11/h5-9,12-14H,2-4,10-11H2,1H3;5,8-10H,2-4,6-7H2,1H3;4-5,8-9H,1-3,6-7H2,(H,14,15). The van der Waals surface area contributed by atoms with Crippen molar-refractivity contribution in [2.24, 2.45) is 0 Å². The first kappa shape index (κ1) is 45.2. The van der Waals surface area contributed by atoms with Crippen LogP contribution < -0.4 is 0 Å². The minimum absolute atomic E-state index is 0.0313. The van der Waals surface area contributed by atoms with Gasteiger partial charge in [-0.3, -0.25) is 14.4 Å². The number of rotatable bonds is 6. The largest absolute Gasteiger partial charge is 0.346 e. The topological polar surface area (TPSA) is 194 Å². The van der Waals surface area contributed by atoms with Crippen molar-refractivity contribution in [1.82, 2.24) is 42.6 Å². The lowest BCUT2D eigenvalue weighted by atomic mass is 10.1. The lowest BCUT2D eigenvalue weighted by molar-refractivity contribution is 0.0716. The first-order valence-corrected chi connectivity index (χ1v) is 25.3. The molecule has 6 aromatic heterocycles. The maximum Gasteiger partial charge on any atom is 0.269 e. The summed E-state index contributed by atoms with van der Waals surface area (Å²) in [6.45, 7) is 6.75. The molecule has 0 saturated carbocycles. The first-order valence-electron chi connectivity index (χ1n) is 22.1. The Morgan fingerprint density at radius 2 is 0.938 bits per heavy atom. The summed E-state index contributed by atoms with van der Waals surface area (Å²) < 4.78 is 51.4. The molecule has 0 spiro atoms. The number of fused-ring (bicyclic) bond motifs is 3. The second kappa shape index (κ2) is 19.4. The molecule has 3 amide bonds. The van der Waals surface area contributed by atoms with Crippen molar-refractivity contribution < 1.29 is 31.2 Å². The Hall–Kier alpha value is -6.40. The number of amides is 3. The number of piperidine rings is 3. The number of nitrogens with zero attached hydrogens (tertiary/aromatic N) is 8. The van der Waals surface area contributed by atoms with Gasteiger partial charge < -0.3 is 19.7 Å². The number of aromatic nitrogens is 6. The molecule has 0 bridgehead atoms. The van der Waals surface area contributed by atoms with Crippen molar-refractivity contribution in [3.63, 3.8) is 0 Å². The van der Waals surface area contributed by atoms with Crippen LogP contribution in [-0.4, -0.2) is 123 Å². The Balaban J connectivity index is 0.000000137. The van der Waals surface area contributed by atoms with Gasteiger partial charge in [0.25, 0.3) is 27.7 Å². The van der Waals surface area contributed by atoms with Gasteiger partial charge in [0.2, 0.25) is 10.0 Å². The first-order chi connectivity index (χ1) is 31.3. The van der Waals surface area contributed by atoms with E-state index in [0.29, 0.717) is 38.8 Å². The van der Waals surface area contributed by atoms with E-state index in [1.165, 1.54) is 35.2 Å². The average Bonchev–Trinajstić information content (AvgIpc) is 4.11. The molecule has 340 valence electrons. The molecule has 18 heteroatoms. The highest BCUT2D eigenvalue weighted by molar-refractivity contribution is 7.90. The number of aromatic amines is 1. The molecule has 16 nitrogen and oxygen atoms in total. The molecular formula is C47H53N9O7S2. The number of aryl methyl sites for hydroxylation is 1. The highest BCUT2D eigenvalue weighted by atomic mass is 32.2. The molecule has 3 aliphatic rings. The minimum Gasteiger partial charge on any atom is -0.346 e. The summed E-state index contributed by atoms with van der Waals surface area (Å²) in [6.07, 6.45) is 20.4. The number of pyridine rings is 3. The number of nitrogens with one attached hydrogen (secondary N) is 1. The van der Waals surface area contributed by atoms with Crippen molar-refractivity contribution >= 4 is 70.9 Å². The quantitative estimate of drug-likeness (QED) is 0.184. The number of likely N-dealkylation sites (tertiary alicyclic amines) is 3. The second-order valence-electron chi connectivity index (χ2n) is 16.8. The summed E-state index contributed by atoms with van der Waals surface area (Å²) in [6, 6.07) is 17.3. The zero-order valence-corrected chi connectivity index (χ0v) is 38.2. The third kappa shape index (κ3) is 10.1. The molecule has 7 aromatic rings. The van der Waals surface area contributed by atoms with Crippen LogP contribution in [0.1, 0.15) is 94.4 Å². The van der Waals surface area contributed by atoms with Gasteiger partial charge in [0.1, 0.15) is 5.65 Å². The van der Waals surface area contributed by atoms with Gasteiger partial charge in [-0.1, -0.05) is 17.7 Å². The van der Waals surface area contributed by atoms with E-state index in [9.17, 15) is 31.2 Å². The Kier molecular flexibility index (Phi) is 13.5. The molecule has 0 radical (unpaired) electrons. The van der Waals surface area contributed by atoms with E-state index in [0.717, 1.165) is 117 Å². The average molecular weight is 920 g/mol. The predicted molar refractivity (Wildman–Crippen MR) is 249 cm³/mol. The van der Waals surface area contributed by atoms with E-state index in [1.807, 2.05) is 40.0 Å². The van der Waals surface area contributed by atoms with Crippen LogP contribution in [0.4, 0.5) is 0 Å². The number of carbonyl (C=O) groups excluding carboxylic acids is 3. The van der Waals surface area contributed by atoms with Crippen LogP contribution in [0.2, 0.25) is 0 Å². The number of H-pyrrole nitrogens is 1. The lowest BCUT2D eigenvalue weighted by Crippen LogP contribution is -2.35. The second-order valence-corrected chi connectivity index (χ2v) is 20.5. The Bertz CT molecular complexity index is 3070. The van der Waals surface area contributed by atoms with E-state index in [-0.39, 0.29) is 22.6 Å². The fourth-order valence-electron chi connectivity index (χ4n) is 8.41. The number of carbonyl (C=O) groups is 3. The van der Waals surface area contributed by atoms with Crippen LogP contribution in [0.15, 0.2) is 103 Å². The van der Waals surface area contributed by atoms with Crippen LogP contribution in [-0.2, 0) is 20.0 Å². The summed E-state index contributed by atoms with van der Waals surface area (Å²) in [7, 11) is -7.11. The fraction of sp³-hybridized carbons (Fsp3) is 0.362. The van der Waals surface area contributed by atoms with E-state index in [2.05, 4.69) is 19.9 Å². The smallest absolute Gasteiger partial charge is 0.269 e. The van der Waals surface area contributed by atoms with Crippen molar-refractivity contribution in [2.75, 3.05) is 45.5 Å². The van der Waals surface area contributed by atoms with Gasteiger partial charge >= 0.3 is 0 Å². The van der Waals surface area contributed by atoms with Gasteiger partial charge in [-0.15, -0.1) is 0 Å². The van der Waals surface area contributed by atoms with Crippen molar-refractivity contribution in [2.45, 2.75) is 69.6 Å². The maximum atomic E-state index is 12.9. The van der Waals surface area contributed by atoms with Gasteiger partial charge in [-0.05, 0) is 113 Å². The summed E-state index contributed by atoms with van der Waals surface area (Å²) in [5.41, 5.74) is 4.20. The summed E-state index contributed by atoms with van der Waals surface area (Å²) in [4.78, 5) is 58.9. The van der Waals surface area contributed by atoms with Crippen LogP contribution >= 0.6 is 0 Å². The van der Waals surface area contributed by atoms with Crippen LogP contribution in [0.25, 0.3) is 33.1 Å². The van der Waals surface area contributed by atoms with Crippen molar-refractivity contribution in [3.8, 4) is 0 Å². The molecule has 9 heterocycles. The zero-order valence-electron chi connectivity index (χ0n) is 36.6. The monoisotopic (exact) mass is 919 g/mol. The molecule has 3 aliphatic heterocycles. The normalized spacial score (nSPS) is 15.9. The molecule has 3 saturated heterocycles. The summed E-state index contributed by atoms with van der Waals surface area (Å²) in [5.74, 6) is 0.0368. The SMILES string of the molecule is CS(=O)(=O)n1ccc2cc(C(=O)N3CCCCC3)cnc21.Cc1ccc(S(=O)(=O)n2ccc3cc(C(=O)N4CCCCC4)cnc32)cc1.O=C(c1cnc2[nH]ccc2c1)N1CCCCC1. The third-order valence-electron chi connectivity index (χ3n) is 12.0. The summed E-state index contributed by atoms with van der Waals surface area (Å²) >= 11 is 0. The van der Waals surface area contributed by atoms with E-state index in [4.69, 9.17) is 0 Å². The maximum absolute atomic E-state index is 12.9. The molecule has 10 rings (SSSR count). The summed E-state index contributed by atoms with van der Waals surface area (Å²) in [5, 5.41) is 2.28. The minimum atomic E-state index is -3.73. The van der Waals surface area contributed by atoms with Gasteiger partial charge in [-0.2, -0.15) is 0 Å².